The van der Waals surface area contributed by atoms with Gasteiger partial charge in [0.1, 0.15) is 12.7 Å². The van der Waals surface area contributed by atoms with Crippen LogP contribution in [-0.4, -0.2) is 35.7 Å². The first-order valence-corrected chi connectivity index (χ1v) is 6.68. The van der Waals surface area contributed by atoms with Crippen molar-refractivity contribution in [2.45, 2.75) is 38.7 Å². The van der Waals surface area contributed by atoms with Gasteiger partial charge >= 0.3 is 17.9 Å². The van der Waals surface area contributed by atoms with Gasteiger partial charge in [-0.3, -0.25) is 9.59 Å². The summed E-state index contributed by atoms with van der Waals surface area (Å²) in [6.07, 6.45) is 3.10. The lowest BCUT2D eigenvalue weighted by molar-refractivity contribution is -0.164. The molecule has 0 aromatic heterocycles. The van der Waals surface area contributed by atoms with Crippen molar-refractivity contribution in [3.8, 4) is 0 Å². The number of carboxylic acid groups (broad SMARTS) is 1. The van der Waals surface area contributed by atoms with Gasteiger partial charge in [0.2, 0.25) is 0 Å². The summed E-state index contributed by atoms with van der Waals surface area (Å²) in [5.41, 5.74) is 0. The third-order valence-electron chi connectivity index (χ3n) is 3.33. The van der Waals surface area contributed by atoms with Crippen LogP contribution in [0.15, 0.2) is 12.7 Å². The third-order valence-corrected chi connectivity index (χ3v) is 3.33. The third kappa shape index (κ3) is 4.68. The molecular formula is C14H20O6. The van der Waals surface area contributed by atoms with Crippen LogP contribution >= 0.6 is 0 Å². The topological polar surface area (TPSA) is 89.9 Å². The van der Waals surface area contributed by atoms with Crippen LogP contribution in [-0.2, 0) is 23.9 Å². The zero-order chi connectivity index (χ0) is 15.1. The molecule has 3 atom stereocenters. The van der Waals surface area contributed by atoms with Crippen LogP contribution in [0.25, 0.3) is 0 Å². The second-order valence-electron chi connectivity index (χ2n) is 4.92. The predicted octanol–water partition coefficient (Wildman–Crippen LogP) is 1.54. The second kappa shape index (κ2) is 7.67. The molecule has 0 spiro atoms. The number of esters is 2. The van der Waals surface area contributed by atoms with Gasteiger partial charge in [0.05, 0.1) is 11.8 Å². The first-order chi connectivity index (χ1) is 9.45. The van der Waals surface area contributed by atoms with Crippen molar-refractivity contribution in [2.75, 3.05) is 6.61 Å². The van der Waals surface area contributed by atoms with Crippen LogP contribution in [0.1, 0.15) is 32.6 Å². The van der Waals surface area contributed by atoms with Crippen molar-refractivity contribution >= 4 is 17.9 Å². The first-order valence-electron chi connectivity index (χ1n) is 6.68. The molecular weight excluding hydrogens is 264 g/mol. The molecule has 0 saturated heterocycles. The van der Waals surface area contributed by atoms with E-state index in [9.17, 15) is 14.4 Å². The fourth-order valence-corrected chi connectivity index (χ4v) is 2.30. The van der Waals surface area contributed by atoms with E-state index in [0.717, 1.165) is 18.9 Å². The predicted molar refractivity (Wildman–Crippen MR) is 69.8 cm³/mol. The highest BCUT2D eigenvalue weighted by atomic mass is 16.6. The molecule has 1 rings (SSSR count). The number of ether oxygens (including phenoxy) is 2. The summed E-state index contributed by atoms with van der Waals surface area (Å²) in [5.74, 6) is -3.36. The Hall–Kier alpha value is -1.85. The molecule has 1 aliphatic rings. The number of hydrogen-bond acceptors (Lipinski definition) is 5. The average Bonchev–Trinajstić information content (AvgIpc) is 2.44. The molecule has 0 bridgehead atoms. The van der Waals surface area contributed by atoms with Crippen molar-refractivity contribution in [2.24, 2.45) is 11.8 Å². The normalized spacial score (nSPS) is 23.4. The van der Waals surface area contributed by atoms with E-state index >= 15 is 0 Å². The van der Waals surface area contributed by atoms with E-state index < -0.39 is 35.8 Å². The number of carboxylic acids is 1. The van der Waals surface area contributed by atoms with Gasteiger partial charge in [-0.2, -0.15) is 0 Å². The highest BCUT2D eigenvalue weighted by molar-refractivity contribution is 5.82. The molecule has 1 aliphatic carbocycles. The Morgan fingerprint density at radius 1 is 1.30 bits per heavy atom. The number of carbonyl (C=O) groups excluding carboxylic acids is 2. The quantitative estimate of drug-likeness (QED) is 0.587. The van der Waals surface area contributed by atoms with Crippen molar-refractivity contribution in [1.82, 2.24) is 0 Å². The van der Waals surface area contributed by atoms with Crippen molar-refractivity contribution in [3.63, 3.8) is 0 Å². The highest BCUT2D eigenvalue weighted by Gasteiger charge is 2.36. The lowest BCUT2D eigenvalue weighted by Gasteiger charge is -2.27. The minimum atomic E-state index is -0.960. The standard InChI is InChI=1S/C14H20O6/c1-3-12(15)20-9(2)8-19-14(18)11-7-5-4-6-10(11)13(16)17/h3,9-11H,1,4-8H2,2H3,(H,16,17). The van der Waals surface area contributed by atoms with Crippen LogP contribution in [0, 0.1) is 11.8 Å². The number of carbonyl (C=O) groups is 3. The van der Waals surface area contributed by atoms with Crippen molar-refractivity contribution < 1.29 is 29.0 Å². The fraction of sp³-hybridized carbons (Fsp3) is 0.643. The van der Waals surface area contributed by atoms with E-state index in [4.69, 9.17) is 14.6 Å². The largest absolute Gasteiger partial charge is 0.481 e. The zero-order valence-electron chi connectivity index (χ0n) is 11.5. The minimum Gasteiger partial charge on any atom is -0.481 e. The molecule has 112 valence electrons. The Morgan fingerprint density at radius 3 is 2.45 bits per heavy atom. The van der Waals surface area contributed by atoms with E-state index in [1.807, 2.05) is 0 Å². The molecule has 0 amide bonds. The minimum absolute atomic E-state index is 0.0821. The summed E-state index contributed by atoms with van der Waals surface area (Å²) in [6.45, 7) is 4.77. The molecule has 6 heteroatoms. The Kier molecular flexibility index (Phi) is 6.21. The first kappa shape index (κ1) is 16.2. The second-order valence-corrected chi connectivity index (χ2v) is 4.92. The Labute approximate surface area is 117 Å². The smallest absolute Gasteiger partial charge is 0.330 e. The maximum absolute atomic E-state index is 11.9. The molecule has 0 aromatic carbocycles. The Morgan fingerprint density at radius 2 is 1.90 bits per heavy atom. The van der Waals surface area contributed by atoms with Gasteiger partial charge in [0.25, 0.3) is 0 Å². The molecule has 0 radical (unpaired) electrons. The lowest BCUT2D eigenvalue weighted by Crippen LogP contribution is -2.35. The summed E-state index contributed by atoms with van der Waals surface area (Å²) in [7, 11) is 0. The monoisotopic (exact) mass is 284 g/mol. The lowest BCUT2D eigenvalue weighted by atomic mass is 9.79. The molecule has 20 heavy (non-hydrogen) atoms. The SMILES string of the molecule is C=CC(=O)OC(C)COC(=O)C1CCCCC1C(=O)O. The molecule has 6 nitrogen and oxygen atoms in total. The molecule has 3 unspecified atom stereocenters. The van der Waals surface area contributed by atoms with Crippen molar-refractivity contribution in [3.05, 3.63) is 12.7 Å². The van der Waals surface area contributed by atoms with Crippen LogP contribution < -0.4 is 0 Å². The Bertz CT molecular complexity index is 389. The van der Waals surface area contributed by atoms with E-state index in [1.165, 1.54) is 0 Å². The van der Waals surface area contributed by atoms with Gasteiger partial charge in [-0.05, 0) is 19.8 Å². The molecule has 0 aromatic rings. The summed E-state index contributed by atoms with van der Waals surface area (Å²) in [4.78, 5) is 34.0. The van der Waals surface area contributed by atoms with Crippen LogP contribution in [0.3, 0.4) is 0 Å². The van der Waals surface area contributed by atoms with Crippen LogP contribution in [0.4, 0.5) is 0 Å². The molecule has 0 heterocycles. The van der Waals surface area contributed by atoms with Crippen molar-refractivity contribution in [1.29, 1.82) is 0 Å². The van der Waals surface area contributed by atoms with Crippen LogP contribution in [0.2, 0.25) is 0 Å². The molecule has 1 saturated carbocycles. The van der Waals surface area contributed by atoms with E-state index in [1.54, 1.807) is 6.92 Å². The summed E-state index contributed by atoms with van der Waals surface area (Å²) >= 11 is 0. The van der Waals surface area contributed by atoms with Gasteiger partial charge < -0.3 is 14.6 Å². The maximum Gasteiger partial charge on any atom is 0.330 e. The van der Waals surface area contributed by atoms with Gasteiger partial charge in [-0.1, -0.05) is 19.4 Å². The number of rotatable bonds is 6. The van der Waals surface area contributed by atoms with Gasteiger partial charge in [0.15, 0.2) is 0 Å². The van der Waals surface area contributed by atoms with Gasteiger partial charge in [-0.15, -0.1) is 0 Å². The van der Waals surface area contributed by atoms with E-state index in [-0.39, 0.29) is 6.61 Å². The van der Waals surface area contributed by atoms with Gasteiger partial charge in [-0.25, -0.2) is 4.79 Å². The number of hydrogen-bond donors (Lipinski definition) is 1. The summed E-state index contributed by atoms with van der Waals surface area (Å²) < 4.78 is 9.92. The van der Waals surface area contributed by atoms with E-state index in [0.29, 0.717) is 12.8 Å². The highest BCUT2D eigenvalue weighted by Crippen LogP contribution is 2.31. The zero-order valence-corrected chi connectivity index (χ0v) is 11.5. The van der Waals surface area contributed by atoms with Crippen LogP contribution in [0.5, 0.6) is 0 Å². The molecule has 1 fully saturated rings. The fourth-order valence-electron chi connectivity index (χ4n) is 2.30. The Balaban J connectivity index is 2.46. The van der Waals surface area contributed by atoms with E-state index in [2.05, 4.69) is 6.58 Å². The van der Waals surface area contributed by atoms with Gasteiger partial charge in [0, 0.05) is 6.08 Å². The number of aliphatic carboxylic acids is 1. The summed E-state index contributed by atoms with van der Waals surface area (Å²) in [6, 6.07) is 0. The molecule has 0 aliphatic heterocycles. The maximum atomic E-state index is 11.9. The average molecular weight is 284 g/mol. The molecule has 1 N–H and O–H groups in total. The summed E-state index contributed by atoms with van der Waals surface area (Å²) in [5, 5.41) is 9.10.